The molecule has 0 atom stereocenters. The first-order valence-electron chi connectivity index (χ1n) is 12.3. The highest BCUT2D eigenvalue weighted by Gasteiger charge is 2.38. The molecule has 2 heterocycles. The third-order valence-corrected chi connectivity index (χ3v) is 8.96. The molecule has 0 radical (unpaired) electrons. The van der Waals surface area contributed by atoms with E-state index in [0.29, 0.717) is 20.9 Å². The summed E-state index contributed by atoms with van der Waals surface area (Å²) >= 11 is 7.47. The Hall–Kier alpha value is -2.34. The molecule has 0 saturated carbocycles. The lowest BCUT2D eigenvalue weighted by atomic mass is 9.71. The van der Waals surface area contributed by atoms with E-state index >= 15 is 0 Å². The molecule has 5 rings (SSSR count). The highest BCUT2D eigenvalue weighted by atomic mass is 35.5. The molecule has 3 nitrogen and oxygen atoms in total. The predicted octanol–water partition coefficient (Wildman–Crippen LogP) is 7.15. The largest absolute Gasteiger partial charge is 0.339 e. The number of piperidine rings is 2. The maximum Gasteiger partial charge on any atom is 0.253 e. The van der Waals surface area contributed by atoms with Gasteiger partial charge >= 0.3 is 0 Å². The Balaban J connectivity index is 1.16. The van der Waals surface area contributed by atoms with Crippen LogP contribution in [0, 0.1) is 11.2 Å². The topological polar surface area (TPSA) is 23.6 Å². The van der Waals surface area contributed by atoms with Crippen LogP contribution in [0.1, 0.15) is 41.6 Å². The van der Waals surface area contributed by atoms with Gasteiger partial charge in [0, 0.05) is 40.0 Å². The fraction of sp³-hybridized carbons (Fsp3) is 0.345. The maximum absolute atomic E-state index is 14.2. The number of amides is 1. The van der Waals surface area contributed by atoms with Crippen molar-refractivity contribution in [1.82, 2.24) is 9.80 Å². The van der Waals surface area contributed by atoms with Crippen molar-refractivity contribution in [1.29, 1.82) is 0 Å². The lowest BCUT2D eigenvalue weighted by molar-refractivity contribution is 0.0283. The first kappa shape index (κ1) is 24.4. The van der Waals surface area contributed by atoms with Crippen molar-refractivity contribution in [3.05, 3.63) is 94.8 Å². The maximum atomic E-state index is 14.2. The van der Waals surface area contributed by atoms with E-state index in [2.05, 4.69) is 23.1 Å². The van der Waals surface area contributed by atoms with E-state index in [9.17, 15) is 9.18 Å². The summed E-state index contributed by atoms with van der Waals surface area (Å²) in [4.78, 5) is 19.2. The summed E-state index contributed by atoms with van der Waals surface area (Å²) in [5.74, 6) is -0.0639. The van der Waals surface area contributed by atoms with Crippen molar-refractivity contribution in [3.8, 4) is 0 Å². The third kappa shape index (κ3) is 5.74. The highest BCUT2D eigenvalue weighted by molar-refractivity contribution is 7.99. The van der Waals surface area contributed by atoms with Crippen molar-refractivity contribution >= 4 is 29.3 Å². The minimum absolute atomic E-state index is 0.109. The van der Waals surface area contributed by atoms with E-state index in [1.54, 1.807) is 18.2 Å². The van der Waals surface area contributed by atoms with Gasteiger partial charge in [0.05, 0.1) is 0 Å². The van der Waals surface area contributed by atoms with Crippen molar-refractivity contribution in [2.45, 2.75) is 42.0 Å². The number of benzene rings is 3. The lowest BCUT2D eigenvalue weighted by Crippen LogP contribution is -2.48. The molecule has 1 spiro atoms. The molecule has 2 fully saturated rings. The van der Waals surface area contributed by atoms with Gasteiger partial charge in [-0.15, -0.1) is 0 Å². The standard InChI is InChI=1S/C29H30ClFN2OS/c30-24-11-9-22(10-12-24)28(34)33-19-15-29(16-20-33)13-17-32(18-14-29)21-23-5-1-3-7-26(23)35-27-8-4-2-6-25(27)31/h1-12H,13-21H2. The number of nitrogens with zero attached hydrogens (tertiary/aromatic N) is 2. The molecule has 2 aliphatic heterocycles. The summed E-state index contributed by atoms with van der Waals surface area (Å²) in [6, 6.07) is 22.5. The average Bonchev–Trinajstić information content (AvgIpc) is 2.88. The molecule has 1 amide bonds. The molecular formula is C29H30ClFN2OS. The van der Waals surface area contributed by atoms with Crippen LogP contribution in [0.3, 0.4) is 0 Å². The summed E-state index contributed by atoms with van der Waals surface area (Å²) < 4.78 is 14.2. The van der Waals surface area contributed by atoms with Gasteiger partial charge in [0.1, 0.15) is 5.82 Å². The van der Waals surface area contributed by atoms with Gasteiger partial charge in [-0.3, -0.25) is 9.69 Å². The number of carbonyl (C=O) groups excluding carboxylic acids is 1. The second-order valence-electron chi connectivity index (χ2n) is 9.72. The molecule has 0 aliphatic carbocycles. The fourth-order valence-corrected chi connectivity index (χ4v) is 6.35. The normalized spacial score (nSPS) is 18.1. The summed E-state index contributed by atoms with van der Waals surface area (Å²) in [7, 11) is 0. The van der Waals surface area contributed by atoms with Crippen LogP contribution in [-0.2, 0) is 6.54 Å². The highest BCUT2D eigenvalue weighted by Crippen LogP contribution is 2.42. The minimum atomic E-state index is -0.173. The van der Waals surface area contributed by atoms with Gasteiger partial charge in [0.25, 0.3) is 5.91 Å². The quantitative estimate of drug-likeness (QED) is 0.365. The summed E-state index contributed by atoms with van der Waals surface area (Å²) in [5, 5.41) is 0.652. The zero-order valence-electron chi connectivity index (χ0n) is 19.8. The van der Waals surface area contributed by atoms with E-state index in [-0.39, 0.29) is 11.7 Å². The van der Waals surface area contributed by atoms with E-state index < -0.39 is 0 Å². The van der Waals surface area contributed by atoms with E-state index in [1.165, 1.54) is 36.2 Å². The zero-order valence-corrected chi connectivity index (χ0v) is 21.3. The Kier molecular flexibility index (Phi) is 7.47. The predicted molar refractivity (Wildman–Crippen MR) is 140 cm³/mol. The van der Waals surface area contributed by atoms with Crippen LogP contribution in [0.25, 0.3) is 0 Å². The van der Waals surface area contributed by atoms with Gasteiger partial charge in [-0.05, 0) is 92.2 Å². The van der Waals surface area contributed by atoms with Crippen LogP contribution in [0.15, 0.2) is 82.6 Å². The number of likely N-dealkylation sites (tertiary alicyclic amines) is 2. The summed E-state index contributed by atoms with van der Waals surface area (Å²) in [5.41, 5.74) is 2.31. The monoisotopic (exact) mass is 508 g/mol. The van der Waals surface area contributed by atoms with Crippen molar-refractivity contribution in [2.75, 3.05) is 26.2 Å². The molecule has 0 aromatic heterocycles. The molecule has 3 aromatic rings. The van der Waals surface area contributed by atoms with Crippen molar-refractivity contribution in [3.63, 3.8) is 0 Å². The third-order valence-electron chi connectivity index (χ3n) is 7.54. The molecular weight excluding hydrogens is 479 g/mol. The summed E-state index contributed by atoms with van der Waals surface area (Å²) in [6.45, 7) is 4.65. The minimum Gasteiger partial charge on any atom is -0.339 e. The first-order valence-corrected chi connectivity index (χ1v) is 13.5. The molecule has 0 N–H and O–H groups in total. The van der Waals surface area contributed by atoms with Crippen LogP contribution >= 0.6 is 23.4 Å². The zero-order chi connectivity index (χ0) is 24.3. The Morgan fingerprint density at radius 1 is 0.829 bits per heavy atom. The molecule has 2 saturated heterocycles. The summed E-state index contributed by atoms with van der Waals surface area (Å²) in [6.07, 6.45) is 4.47. The van der Waals surface area contributed by atoms with Crippen LogP contribution in [0.2, 0.25) is 5.02 Å². The van der Waals surface area contributed by atoms with E-state index in [0.717, 1.165) is 50.5 Å². The Bertz CT molecular complexity index is 1170. The molecule has 0 unspecified atom stereocenters. The Morgan fingerprint density at radius 2 is 1.43 bits per heavy atom. The number of hydrogen-bond donors (Lipinski definition) is 0. The van der Waals surface area contributed by atoms with Crippen LogP contribution in [-0.4, -0.2) is 41.9 Å². The van der Waals surface area contributed by atoms with Crippen LogP contribution in [0.5, 0.6) is 0 Å². The average molecular weight is 509 g/mol. The van der Waals surface area contributed by atoms with Gasteiger partial charge in [-0.2, -0.15) is 0 Å². The molecule has 3 aromatic carbocycles. The Morgan fingerprint density at radius 3 is 2.11 bits per heavy atom. The van der Waals surface area contributed by atoms with Gasteiger partial charge < -0.3 is 4.90 Å². The number of carbonyl (C=O) groups is 1. The molecule has 6 heteroatoms. The smallest absolute Gasteiger partial charge is 0.253 e. The van der Waals surface area contributed by atoms with Gasteiger partial charge in [0.2, 0.25) is 0 Å². The van der Waals surface area contributed by atoms with Gasteiger partial charge in [0.15, 0.2) is 0 Å². The number of hydrogen-bond acceptors (Lipinski definition) is 3. The fourth-order valence-electron chi connectivity index (χ4n) is 5.27. The molecule has 0 bridgehead atoms. The lowest BCUT2D eigenvalue weighted by Gasteiger charge is -2.47. The second-order valence-corrected chi connectivity index (χ2v) is 11.2. The SMILES string of the molecule is O=C(c1ccc(Cl)cc1)N1CCC2(CCN(Cc3ccccc3Sc3ccccc3F)CC2)CC1. The molecule has 182 valence electrons. The van der Waals surface area contributed by atoms with Crippen molar-refractivity contribution in [2.24, 2.45) is 5.41 Å². The molecule has 35 heavy (non-hydrogen) atoms. The van der Waals surface area contributed by atoms with Gasteiger partial charge in [-0.25, -0.2) is 4.39 Å². The van der Waals surface area contributed by atoms with Crippen LogP contribution in [0.4, 0.5) is 4.39 Å². The first-order chi connectivity index (χ1) is 17.0. The van der Waals surface area contributed by atoms with Crippen LogP contribution < -0.4 is 0 Å². The second kappa shape index (κ2) is 10.7. The Labute approximate surface area is 216 Å². The van der Waals surface area contributed by atoms with E-state index in [4.69, 9.17) is 11.6 Å². The number of rotatable bonds is 5. The number of halogens is 2. The van der Waals surface area contributed by atoms with Gasteiger partial charge in [-0.1, -0.05) is 53.7 Å². The van der Waals surface area contributed by atoms with Crippen molar-refractivity contribution < 1.29 is 9.18 Å². The van der Waals surface area contributed by atoms with E-state index in [1.807, 2.05) is 35.2 Å². The molecule has 2 aliphatic rings.